The molecule has 2 aromatic carbocycles. The molecule has 0 spiro atoms. The second-order valence-electron chi connectivity index (χ2n) is 6.83. The van der Waals surface area contributed by atoms with Crippen LogP contribution in [0.25, 0.3) is 28.0 Å². The lowest BCUT2D eigenvalue weighted by Crippen LogP contribution is -2.01. The second kappa shape index (κ2) is 7.56. The zero-order valence-corrected chi connectivity index (χ0v) is 16.7. The summed E-state index contributed by atoms with van der Waals surface area (Å²) in [5, 5.41) is 11.1. The van der Waals surface area contributed by atoms with E-state index >= 15 is 0 Å². The molecule has 1 N–H and O–H groups in total. The normalized spacial score (nSPS) is 11.2. The van der Waals surface area contributed by atoms with Crippen molar-refractivity contribution >= 4 is 22.7 Å². The Bertz CT molecular complexity index is 1270. The topological polar surface area (TPSA) is 59.4 Å². The second-order valence-corrected chi connectivity index (χ2v) is 7.77. The fourth-order valence-corrected chi connectivity index (χ4v) is 4.34. The Morgan fingerprint density at radius 1 is 0.966 bits per heavy atom. The lowest BCUT2D eigenvalue weighted by atomic mass is 10.1. The molecule has 0 aliphatic heterocycles. The molecule has 142 valence electrons. The standard InChI is InChI=1S/C23H19N5S/c1-16-7-2-5-11-21(16)28-22(19-14-25-20-10-4-3-9-18(19)20)26-27-23(28)29-15-17-8-6-12-24-13-17/h2-14,25H,15H2,1H3. The molecule has 0 bridgehead atoms. The number of rotatable bonds is 5. The number of para-hydroxylation sites is 2. The predicted octanol–water partition coefficient (Wildman–Crippen LogP) is 5.41. The van der Waals surface area contributed by atoms with Crippen LogP contribution >= 0.6 is 11.8 Å². The zero-order valence-electron chi connectivity index (χ0n) is 15.9. The van der Waals surface area contributed by atoms with Crippen LogP contribution in [0.3, 0.4) is 0 Å². The van der Waals surface area contributed by atoms with Gasteiger partial charge in [-0.2, -0.15) is 0 Å². The number of hydrogen-bond donors (Lipinski definition) is 1. The van der Waals surface area contributed by atoms with E-state index in [1.54, 1.807) is 18.0 Å². The molecule has 29 heavy (non-hydrogen) atoms. The van der Waals surface area contributed by atoms with Gasteiger partial charge in [0.1, 0.15) is 0 Å². The lowest BCUT2D eigenvalue weighted by molar-refractivity contribution is 0.880. The van der Waals surface area contributed by atoms with Gasteiger partial charge in [0.25, 0.3) is 0 Å². The summed E-state index contributed by atoms with van der Waals surface area (Å²) in [5.74, 6) is 1.62. The molecule has 5 rings (SSSR count). The summed E-state index contributed by atoms with van der Waals surface area (Å²) in [4.78, 5) is 7.56. The third kappa shape index (κ3) is 3.32. The largest absolute Gasteiger partial charge is 0.360 e. The van der Waals surface area contributed by atoms with Crippen LogP contribution in [-0.2, 0) is 5.75 Å². The molecule has 5 nitrogen and oxygen atoms in total. The van der Waals surface area contributed by atoms with E-state index in [-0.39, 0.29) is 0 Å². The molecular weight excluding hydrogens is 378 g/mol. The van der Waals surface area contributed by atoms with Crippen LogP contribution in [0.5, 0.6) is 0 Å². The SMILES string of the molecule is Cc1ccccc1-n1c(SCc2cccnc2)nnc1-c1c[nH]c2ccccc12. The number of pyridine rings is 1. The van der Waals surface area contributed by atoms with Crippen LogP contribution in [0.2, 0.25) is 0 Å². The van der Waals surface area contributed by atoms with E-state index in [2.05, 4.69) is 74.1 Å². The summed E-state index contributed by atoms with van der Waals surface area (Å²) >= 11 is 1.67. The van der Waals surface area contributed by atoms with Crippen molar-refractivity contribution in [3.63, 3.8) is 0 Å². The number of H-pyrrole nitrogens is 1. The Morgan fingerprint density at radius 2 is 1.83 bits per heavy atom. The van der Waals surface area contributed by atoms with Gasteiger partial charge in [-0.25, -0.2) is 0 Å². The van der Waals surface area contributed by atoms with Crippen molar-refractivity contribution in [2.24, 2.45) is 0 Å². The van der Waals surface area contributed by atoms with Crippen molar-refractivity contribution in [3.05, 3.63) is 90.4 Å². The smallest absolute Gasteiger partial charge is 0.196 e. The number of fused-ring (bicyclic) bond motifs is 1. The van der Waals surface area contributed by atoms with Crippen LogP contribution in [0.1, 0.15) is 11.1 Å². The number of nitrogens with one attached hydrogen (secondary N) is 1. The van der Waals surface area contributed by atoms with E-state index in [1.165, 1.54) is 5.56 Å². The van der Waals surface area contributed by atoms with Gasteiger partial charge in [-0.15, -0.1) is 10.2 Å². The highest BCUT2D eigenvalue weighted by Gasteiger charge is 2.19. The van der Waals surface area contributed by atoms with Crippen molar-refractivity contribution in [2.45, 2.75) is 17.8 Å². The molecule has 0 radical (unpaired) electrons. The minimum absolute atomic E-state index is 0.783. The Balaban J connectivity index is 1.64. The third-order valence-electron chi connectivity index (χ3n) is 4.91. The lowest BCUT2D eigenvalue weighted by Gasteiger charge is -2.12. The molecule has 3 heterocycles. The third-order valence-corrected chi connectivity index (χ3v) is 5.91. The van der Waals surface area contributed by atoms with Gasteiger partial charge in [0.15, 0.2) is 11.0 Å². The molecule has 0 aliphatic carbocycles. The highest BCUT2D eigenvalue weighted by molar-refractivity contribution is 7.98. The van der Waals surface area contributed by atoms with Gasteiger partial charge >= 0.3 is 0 Å². The maximum atomic E-state index is 4.60. The summed E-state index contributed by atoms with van der Waals surface area (Å²) in [6, 6.07) is 20.6. The zero-order chi connectivity index (χ0) is 19.6. The summed E-state index contributed by atoms with van der Waals surface area (Å²) in [6.07, 6.45) is 5.69. The number of nitrogens with zero attached hydrogens (tertiary/aromatic N) is 4. The van der Waals surface area contributed by atoms with E-state index in [0.29, 0.717) is 0 Å². The highest BCUT2D eigenvalue weighted by Crippen LogP contribution is 2.34. The van der Waals surface area contributed by atoms with Crippen molar-refractivity contribution in [1.82, 2.24) is 24.7 Å². The Morgan fingerprint density at radius 3 is 2.69 bits per heavy atom. The molecular formula is C23H19N5S. The number of aromatic nitrogens is 5. The van der Waals surface area contributed by atoms with Gasteiger partial charge < -0.3 is 4.98 Å². The molecule has 0 fully saturated rings. The molecule has 6 heteroatoms. The van der Waals surface area contributed by atoms with Crippen molar-refractivity contribution < 1.29 is 0 Å². The average Bonchev–Trinajstić information content (AvgIpc) is 3.37. The van der Waals surface area contributed by atoms with Crippen LogP contribution in [0.4, 0.5) is 0 Å². The quantitative estimate of drug-likeness (QED) is 0.403. The number of aryl methyl sites for hydroxylation is 1. The van der Waals surface area contributed by atoms with Crippen LogP contribution in [-0.4, -0.2) is 24.7 Å². The van der Waals surface area contributed by atoms with E-state index in [0.717, 1.165) is 44.5 Å². The molecule has 0 atom stereocenters. The fraction of sp³-hybridized carbons (Fsp3) is 0.0870. The fourth-order valence-electron chi connectivity index (χ4n) is 3.46. The molecule has 5 aromatic rings. The summed E-state index contributed by atoms with van der Waals surface area (Å²) in [6.45, 7) is 2.11. The highest BCUT2D eigenvalue weighted by atomic mass is 32.2. The Kier molecular flexibility index (Phi) is 4.62. The maximum Gasteiger partial charge on any atom is 0.196 e. The Hall–Kier alpha value is -3.38. The van der Waals surface area contributed by atoms with Crippen LogP contribution in [0, 0.1) is 6.92 Å². The molecule has 0 saturated heterocycles. The minimum atomic E-state index is 0.783. The van der Waals surface area contributed by atoms with E-state index in [1.807, 2.05) is 30.6 Å². The first-order valence-electron chi connectivity index (χ1n) is 9.41. The first-order valence-corrected chi connectivity index (χ1v) is 10.4. The first-order chi connectivity index (χ1) is 14.3. The van der Waals surface area contributed by atoms with E-state index in [9.17, 15) is 0 Å². The monoisotopic (exact) mass is 397 g/mol. The summed E-state index contributed by atoms with van der Waals surface area (Å²) in [7, 11) is 0. The number of hydrogen-bond acceptors (Lipinski definition) is 4. The molecule has 0 saturated carbocycles. The molecule has 0 aliphatic rings. The van der Waals surface area contributed by atoms with Gasteiger partial charge in [-0.05, 0) is 36.2 Å². The van der Waals surface area contributed by atoms with Gasteiger partial charge in [-0.1, -0.05) is 54.2 Å². The first kappa shape index (κ1) is 17.7. The number of benzene rings is 2. The van der Waals surface area contributed by atoms with Crippen molar-refractivity contribution in [1.29, 1.82) is 0 Å². The summed E-state index contributed by atoms with van der Waals surface area (Å²) in [5.41, 5.74) is 5.56. The number of thioether (sulfide) groups is 1. The van der Waals surface area contributed by atoms with Gasteiger partial charge in [-0.3, -0.25) is 9.55 Å². The van der Waals surface area contributed by atoms with Crippen LogP contribution in [0.15, 0.2) is 84.4 Å². The van der Waals surface area contributed by atoms with E-state index in [4.69, 9.17) is 0 Å². The van der Waals surface area contributed by atoms with Gasteiger partial charge in [0.05, 0.1) is 5.69 Å². The minimum Gasteiger partial charge on any atom is -0.360 e. The van der Waals surface area contributed by atoms with Crippen molar-refractivity contribution in [3.8, 4) is 17.1 Å². The molecule has 3 aromatic heterocycles. The molecule has 0 unspecified atom stereocenters. The van der Waals surface area contributed by atoms with Gasteiger partial charge in [0.2, 0.25) is 0 Å². The van der Waals surface area contributed by atoms with Gasteiger partial charge in [0, 0.05) is 40.8 Å². The molecule has 0 amide bonds. The Labute approximate surface area is 172 Å². The van der Waals surface area contributed by atoms with Crippen LogP contribution < -0.4 is 0 Å². The number of aromatic amines is 1. The van der Waals surface area contributed by atoms with E-state index < -0.39 is 0 Å². The predicted molar refractivity (Wildman–Crippen MR) is 117 cm³/mol. The average molecular weight is 398 g/mol. The summed E-state index contributed by atoms with van der Waals surface area (Å²) < 4.78 is 2.16. The van der Waals surface area contributed by atoms with Crippen molar-refractivity contribution in [2.75, 3.05) is 0 Å². The maximum absolute atomic E-state index is 4.60.